The Labute approximate surface area is 191 Å². The third-order valence-electron chi connectivity index (χ3n) is 5.49. The number of aromatic hydroxyl groups is 1. The summed E-state index contributed by atoms with van der Waals surface area (Å²) in [5, 5.41) is 38.4. The fraction of sp³-hybridized carbons (Fsp3) is 0.125. The van der Waals surface area contributed by atoms with Crippen LogP contribution in [0.25, 0.3) is 11.1 Å². The molecule has 6 N–H and O–H groups in total. The maximum Gasteiger partial charge on any atom is 0.311 e. The molecule has 1 aliphatic rings. The molecule has 0 aliphatic carbocycles. The maximum atomic E-state index is 14.6. The van der Waals surface area contributed by atoms with Crippen LogP contribution in [0.4, 0.5) is 4.39 Å². The molecule has 0 saturated carbocycles. The first-order valence-electron chi connectivity index (χ1n) is 10.1. The highest BCUT2D eigenvalue weighted by atomic mass is 19.1. The molecule has 0 spiro atoms. The van der Waals surface area contributed by atoms with Gasteiger partial charge in [0.15, 0.2) is 6.17 Å². The minimum Gasteiger partial charge on any atom is -0.507 e. The van der Waals surface area contributed by atoms with Crippen molar-refractivity contribution in [2.45, 2.75) is 18.5 Å². The molecule has 172 valence electrons. The van der Waals surface area contributed by atoms with Crippen LogP contribution in [0, 0.1) is 11.2 Å². The quantitative estimate of drug-likeness (QED) is 0.266. The number of carbonyl (C=O) groups is 2. The van der Waals surface area contributed by atoms with Gasteiger partial charge in [-0.1, -0.05) is 18.2 Å². The SMILES string of the molecule is N=C(N)c1ccc2c(c1)=NC(c1cc([C@@H](CC(=O)O)C(=O)O)cc(-c3ccccc3F)c1O)N=2. The average molecular weight is 462 g/mol. The highest BCUT2D eigenvalue weighted by Crippen LogP contribution is 2.41. The molecule has 0 amide bonds. The lowest BCUT2D eigenvalue weighted by Crippen LogP contribution is -2.24. The van der Waals surface area contributed by atoms with E-state index in [-0.39, 0.29) is 33.8 Å². The van der Waals surface area contributed by atoms with Crippen LogP contribution in [0.5, 0.6) is 5.75 Å². The number of carboxylic acid groups (broad SMARTS) is 2. The number of nitrogens with one attached hydrogen (secondary N) is 1. The van der Waals surface area contributed by atoms with E-state index in [0.717, 1.165) is 0 Å². The topological polar surface area (TPSA) is 169 Å². The lowest BCUT2D eigenvalue weighted by Gasteiger charge is -2.18. The summed E-state index contributed by atoms with van der Waals surface area (Å²) >= 11 is 0. The Kier molecular flexibility index (Phi) is 5.80. The molecule has 0 fully saturated rings. The van der Waals surface area contributed by atoms with Gasteiger partial charge in [0.1, 0.15) is 17.4 Å². The van der Waals surface area contributed by atoms with E-state index in [9.17, 15) is 29.3 Å². The van der Waals surface area contributed by atoms with Crippen LogP contribution in [0.1, 0.15) is 35.2 Å². The molecule has 9 nitrogen and oxygen atoms in total. The Morgan fingerprint density at radius 1 is 1.03 bits per heavy atom. The van der Waals surface area contributed by atoms with Gasteiger partial charge in [-0.25, -0.2) is 4.39 Å². The molecule has 34 heavy (non-hydrogen) atoms. The molecule has 0 radical (unpaired) electrons. The number of nitrogens with two attached hydrogens (primary N) is 1. The number of fused-ring (bicyclic) bond motifs is 1. The van der Waals surface area contributed by atoms with Gasteiger partial charge in [-0.2, -0.15) is 0 Å². The Morgan fingerprint density at radius 2 is 1.74 bits per heavy atom. The Bertz CT molecular complexity index is 1470. The van der Waals surface area contributed by atoms with Crippen LogP contribution in [0.15, 0.2) is 64.6 Å². The first kappa shape index (κ1) is 22.6. The number of benzene rings is 3. The van der Waals surface area contributed by atoms with Crippen molar-refractivity contribution in [1.29, 1.82) is 5.41 Å². The molecule has 0 bridgehead atoms. The molecule has 10 heteroatoms. The van der Waals surface area contributed by atoms with Gasteiger partial charge >= 0.3 is 11.9 Å². The molecular formula is C24H19FN4O5. The van der Waals surface area contributed by atoms with Gasteiger partial charge in [-0.3, -0.25) is 25.0 Å². The fourth-order valence-corrected chi connectivity index (χ4v) is 3.82. The fourth-order valence-electron chi connectivity index (χ4n) is 3.82. The van der Waals surface area contributed by atoms with E-state index in [0.29, 0.717) is 16.3 Å². The number of aliphatic carboxylic acids is 2. The van der Waals surface area contributed by atoms with Gasteiger partial charge in [0, 0.05) is 22.3 Å². The second-order valence-corrected chi connectivity index (χ2v) is 7.72. The number of carboxylic acids is 2. The van der Waals surface area contributed by atoms with Gasteiger partial charge in [-0.15, -0.1) is 0 Å². The predicted octanol–water partition coefficient (Wildman–Crippen LogP) is 2.08. The molecule has 0 aromatic heterocycles. The van der Waals surface area contributed by atoms with E-state index in [1.807, 2.05) is 0 Å². The zero-order valence-corrected chi connectivity index (χ0v) is 17.6. The van der Waals surface area contributed by atoms with E-state index < -0.39 is 36.3 Å². The maximum absolute atomic E-state index is 14.6. The second-order valence-electron chi connectivity index (χ2n) is 7.72. The van der Waals surface area contributed by atoms with Gasteiger partial charge < -0.3 is 21.1 Å². The number of nitrogens with zero attached hydrogens (tertiary/aromatic N) is 2. The summed E-state index contributed by atoms with van der Waals surface area (Å²) in [6.07, 6.45) is -1.71. The van der Waals surface area contributed by atoms with Crippen LogP contribution >= 0.6 is 0 Å². The van der Waals surface area contributed by atoms with Crippen molar-refractivity contribution >= 4 is 17.8 Å². The summed E-state index contributed by atoms with van der Waals surface area (Å²) in [5.74, 6) is -5.32. The summed E-state index contributed by atoms with van der Waals surface area (Å²) in [4.78, 5) is 32.1. The highest BCUT2D eigenvalue weighted by molar-refractivity contribution is 5.94. The van der Waals surface area contributed by atoms with Crippen molar-refractivity contribution in [3.8, 4) is 16.9 Å². The number of nitrogen functional groups attached to an aromatic ring is 1. The standard InChI is InChI=1S/C24H19FN4O5/c25-17-4-2-1-3-13(17)15-7-12(14(24(33)34)10-20(30)31)8-16(21(15)32)23-28-18-6-5-11(22(26)27)9-19(18)29-23/h1-9,14,23,32H,10H2,(H3,26,27)(H,30,31)(H,33,34)/t14-,23?/m1/s1. The number of phenolic OH excluding ortho intramolecular Hbond substituents is 1. The van der Waals surface area contributed by atoms with E-state index in [4.69, 9.17) is 11.1 Å². The minimum absolute atomic E-state index is 0.00646. The third-order valence-corrected chi connectivity index (χ3v) is 5.49. The van der Waals surface area contributed by atoms with E-state index in [1.165, 1.54) is 30.3 Å². The Hall–Kier alpha value is -4.60. The zero-order chi connectivity index (χ0) is 24.6. The van der Waals surface area contributed by atoms with Crippen LogP contribution in [0.3, 0.4) is 0 Å². The molecule has 3 aromatic rings. The zero-order valence-electron chi connectivity index (χ0n) is 17.6. The summed E-state index contributed by atoms with van der Waals surface area (Å²) in [6.45, 7) is 0. The largest absolute Gasteiger partial charge is 0.507 e. The van der Waals surface area contributed by atoms with Crippen LogP contribution in [0.2, 0.25) is 0 Å². The summed E-state index contributed by atoms with van der Waals surface area (Å²) in [7, 11) is 0. The molecule has 1 heterocycles. The predicted molar refractivity (Wildman–Crippen MR) is 119 cm³/mol. The monoisotopic (exact) mass is 462 g/mol. The van der Waals surface area contributed by atoms with Gasteiger partial charge in [-0.05, 0) is 42.0 Å². The number of amidine groups is 1. The van der Waals surface area contributed by atoms with Crippen molar-refractivity contribution in [3.63, 3.8) is 0 Å². The molecule has 0 saturated heterocycles. The molecular weight excluding hydrogens is 443 g/mol. The van der Waals surface area contributed by atoms with E-state index in [2.05, 4.69) is 9.98 Å². The van der Waals surface area contributed by atoms with E-state index >= 15 is 0 Å². The number of hydrogen-bond acceptors (Lipinski definition) is 6. The molecule has 1 unspecified atom stereocenters. The summed E-state index contributed by atoms with van der Waals surface area (Å²) in [6, 6.07) is 13.0. The minimum atomic E-state index is -1.45. The first-order valence-corrected chi connectivity index (χ1v) is 10.1. The lowest BCUT2D eigenvalue weighted by atomic mass is 9.89. The normalized spacial score (nSPS) is 15.0. The third kappa shape index (κ3) is 4.20. The molecule has 2 atom stereocenters. The average Bonchev–Trinajstić information content (AvgIpc) is 3.21. The molecule has 1 aliphatic heterocycles. The highest BCUT2D eigenvalue weighted by Gasteiger charge is 2.28. The molecule has 4 rings (SSSR count). The van der Waals surface area contributed by atoms with Gasteiger partial charge in [0.25, 0.3) is 0 Å². The lowest BCUT2D eigenvalue weighted by molar-refractivity contribution is -0.145. The summed E-state index contributed by atoms with van der Waals surface area (Å²) in [5.41, 5.74) is 6.11. The van der Waals surface area contributed by atoms with Crippen LogP contribution in [-0.4, -0.2) is 33.1 Å². The van der Waals surface area contributed by atoms with Crippen molar-refractivity contribution in [2.75, 3.05) is 0 Å². The first-order chi connectivity index (χ1) is 16.2. The smallest absolute Gasteiger partial charge is 0.311 e. The second kappa shape index (κ2) is 8.74. The van der Waals surface area contributed by atoms with Crippen molar-refractivity contribution < 1.29 is 29.3 Å². The van der Waals surface area contributed by atoms with Crippen LogP contribution < -0.4 is 16.4 Å². The Morgan fingerprint density at radius 3 is 2.38 bits per heavy atom. The number of halogens is 1. The number of rotatable bonds is 7. The molecule has 3 aromatic carbocycles. The van der Waals surface area contributed by atoms with Crippen molar-refractivity contribution in [1.82, 2.24) is 0 Å². The number of hydrogen-bond donors (Lipinski definition) is 5. The van der Waals surface area contributed by atoms with Gasteiger partial charge in [0.05, 0.1) is 23.1 Å². The van der Waals surface area contributed by atoms with Gasteiger partial charge in [0.2, 0.25) is 0 Å². The Balaban J connectivity index is 1.94. The van der Waals surface area contributed by atoms with Crippen molar-refractivity contribution in [2.24, 2.45) is 15.7 Å². The van der Waals surface area contributed by atoms with Crippen molar-refractivity contribution in [3.05, 3.63) is 87.8 Å². The summed E-state index contributed by atoms with van der Waals surface area (Å²) < 4.78 is 14.6. The number of phenols is 1. The van der Waals surface area contributed by atoms with Crippen LogP contribution in [-0.2, 0) is 9.59 Å². The van der Waals surface area contributed by atoms with E-state index in [1.54, 1.807) is 24.3 Å².